The van der Waals surface area contributed by atoms with Gasteiger partial charge in [-0.1, -0.05) is 6.07 Å². The molecule has 34 heavy (non-hydrogen) atoms. The van der Waals surface area contributed by atoms with Gasteiger partial charge >= 0.3 is 6.09 Å². The second kappa shape index (κ2) is 10.2. The van der Waals surface area contributed by atoms with Gasteiger partial charge in [-0.15, -0.1) is 0 Å². The number of benzene rings is 1. The van der Waals surface area contributed by atoms with Gasteiger partial charge in [-0.05, 0) is 74.6 Å². The van der Waals surface area contributed by atoms with Gasteiger partial charge in [-0.3, -0.25) is 19.8 Å². The average molecular weight is 485 g/mol. The van der Waals surface area contributed by atoms with Crippen molar-refractivity contribution in [2.24, 2.45) is 0 Å². The minimum Gasteiger partial charge on any atom is -0.442 e. The summed E-state index contributed by atoms with van der Waals surface area (Å²) in [5, 5.41) is 6.88. The molecule has 1 aromatic heterocycles. The predicted molar refractivity (Wildman–Crippen MR) is 130 cm³/mol. The van der Waals surface area contributed by atoms with E-state index in [2.05, 4.69) is 25.5 Å². The number of piperidine rings is 1. The Morgan fingerprint density at radius 2 is 2.03 bits per heavy atom. The van der Waals surface area contributed by atoms with Crippen LogP contribution in [0.4, 0.5) is 14.9 Å². The average Bonchev–Trinajstić information content (AvgIpc) is 3.58. The van der Waals surface area contributed by atoms with Gasteiger partial charge in [0.1, 0.15) is 11.9 Å². The number of carbonyl (C=O) groups excluding carboxylic acids is 1. The van der Waals surface area contributed by atoms with E-state index in [1.165, 1.54) is 11.0 Å². The zero-order chi connectivity index (χ0) is 23.5. The van der Waals surface area contributed by atoms with Gasteiger partial charge < -0.3 is 15.4 Å². The Morgan fingerprint density at radius 3 is 2.74 bits per heavy atom. The standard InChI is InChI=1S/C24H29FN6O2S/c25-22-11-19(31-15-20(33-24(31)32)13-28-23(34)29-17-1-2-17)3-4-21(22)16-5-9-30(10-6-16)14-18-12-26-7-8-27-18/h3-4,7-8,11-12,16-17,20H,1-2,5-6,9-10,13-15H2,(H2,28,29,34). The molecule has 1 aromatic carbocycles. The van der Waals surface area contributed by atoms with Crippen LogP contribution >= 0.6 is 12.2 Å². The maximum Gasteiger partial charge on any atom is 0.414 e. The van der Waals surface area contributed by atoms with E-state index >= 15 is 4.39 Å². The van der Waals surface area contributed by atoms with Crippen molar-refractivity contribution in [3.05, 3.63) is 53.9 Å². The first-order valence-corrected chi connectivity index (χ1v) is 12.2. The summed E-state index contributed by atoms with van der Waals surface area (Å²) in [6.45, 7) is 3.31. The highest BCUT2D eigenvalue weighted by atomic mass is 32.1. The fraction of sp³-hybridized carbons (Fsp3) is 0.500. The number of nitrogens with one attached hydrogen (secondary N) is 2. The van der Waals surface area contributed by atoms with Crippen molar-refractivity contribution in [2.45, 2.75) is 50.3 Å². The summed E-state index contributed by atoms with van der Waals surface area (Å²) in [7, 11) is 0. The molecule has 3 fully saturated rings. The second-order valence-electron chi connectivity index (χ2n) is 9.20. The minimum absolute atomic E-state index is 0.162. The quantitative estimate of drug-likeness (QED) is 0.581. The number of carbonyl (C=O) groups is 1. The van der Waals surface area contributed by atoms with Crippen LogP contribution < -0.4 is 15.5 Å². The molecule has 2 N–H and O–H groups in total. The summed E-state index contributed by atoms with van der Waals surface area (Å²) in [6, 6.07) is 5.56. The van der Waals surface area contributed by atoms with Crippen LogP contribution in [0.3, 0.4) is 0 Å². The fourth-order valence-electron chi connectivity index (χ4n) is 4.57. The van der Waals surface area contributed by atoms with Gasteiger partial charge in [-0.25, -0.2) is 9.18 Å². The lowest BCUT2D eigenvalue weighted by Crippen LogP contribution is -2.41. The van der Waals surface area contributed by atoms with Crippen molar-refractivity contribution in [2.75, 3.05) is 31.1 Å². The molecule has 2 aromatic rings. The molecule has 8 nitrogen and oxygen atoms in total. The van der Waals surface area contributed by atoms with Crippen molar-refractivity contribution < 1.29 is 13.9 Å². The topological polar surface area (TPSA) is 82.6 Å². The summed E-state index contributed by atoms with van der Waals surface area (Å²) in [5.74, 6) is -0.108. The zero-order valence-corrected chi connectivity index (χ0v) is 19.8. The Labute approximate surface area is 203 Å². The van der Waals surface area contributed by atoms with Crippen molar-refractivity contribution in [3.63, 3.8) is 0 Å². The summed E-state index contributed by atoms with van der Waals surface area (Å²) >= 11 is 5.26. The molecule has 0 bridgehead atoms. The molecule has 1 saturated carbocycles. The highest BCUT2D eigenvalue weighted by Gasteiger charge is 2.33. The van der Waals surface area contributed by atoms with E-state index in [0.717, 1.165) is 51.0 Å². The van der Waals surface area contributed by atoms with Crippen molar-refractivity contribution in [1.82, 2.24) is 25.5 Å². The van der Waals surface area contributed by atoms with Gasteiger partial charge in [0.15, 0.2) is 5.11 Å². The van der Waals surface area contributed by atoms with Crippen LogP contribution in [0.2, 0.25) is 0 Å². The number of rotatable bonds is 7. The van der Waals surface area contributed by atoms with Crippen LogP contribution in [0.15, 0.2) is 36.8 Å². The molecule has 5 rings (SSSR count). The zero-order valence-electron chi connectivity index (χ0n) is 19.0. The third-order valence-corrected chi connectivity index (χ3v) is 6.86. The molecule has 1 unspecified atom stereocenters. The number of hydrogen-bond acceptors (Lipinski definition) is 6. The molecule has 1 atom stereocenters. The highest BCUT2D eigenvalue weighted by Crippen LogP contribution is 2.33. The van der Waals surface area contributed by atoms with Gasteiger partial charge in [0, 0.05) is 31.2 Å². The highest BCUT2D eigenvalue weighted by molar-refractivity contribution is 7.80. The Balaban J connectivity index is 1.14. The van der Waals surface area contributed by atoms with Crippen molar-refractivity contribution >= 4 is 29.1 Å². The first-order valence-electron chi connectivity index (χ1n) is 11.8. The van der Waals surface area contributed by atoms with E-state index in [1.807, 2.05) is 12.1 Å². The lowest BCUT2D eigenvalue weighted by molar-refractivity contribution is 0.143. The summed E-state index contributed by atoms with van der Waals surface area (Å²) in [4.78, 5) is 24.7. The monoisotopic (exact) mass is 484 g/mol. The Bertz CT molecular complexity index is 1030. The number of likely N-dealkylation sites (tertiary alicyclic amines) is 1. The third-order valence-electron chi connectivity index (χ3n) is 6.60. The largest absolute Gasteiger partial charge is 0.442 e. The molecule has 1 amide bonds. The predicted octanol–water partition coefficient (Wildman–Crippen LogP) is 2.95. The van der Waals surface area contributed by atoms with Crippen LogP contribution in [0.25, 0.3) is 0 Å². The molecule has 180 valence electrons. The lowest BCUT2D eigenvalue weighted by Gasteiger charge is -2.32. The van der Waals surface area contributed by atoms with Crippen LogP contribution in [0, 0.1) is 5.82 Å². The summed E-state index contributed by atoms with van der Waals surface area (Å²) < 4.78 is 20.5. The molecular weight excluding hydrogens is 455 g/mol. The molecule has 3 heterocycles. The smallest absolute Gasteiger partial charge is 0.414 e. The van der Waals surface area contributed by atoms with Crippen LogP contribution in [0.1, 0.15) is 42.9 Å². The number of nitrogens with zero attached hydrogens (tertiary/aromatic N) is 4. The number of halogens is 1. The van der Waals surface area contributed by atoms with Crippen LogP contribution in [0.5, 0.6) is 0 Å². The number of amides is 1. The first kappa shape index (κ1) is 22.9. The van der Waals surface area contributed by atoms with Gasteiger partial charge in [0.2, 0.25) is 0 Å². The van der Waals surface area contributed by atoms with E-state index < -0.39 is 6.09 Å². The maximum absolute atomic E-state index is 15.1. The second-order valence-corrected chi connectivity index (χ2v) is 9.61. The number of hydrogen-bond donors (Lipinski definition) is 2. The van der Waals surface area contributed by atoms with Crippen molar-refractivity contribution in [1.29, 1.82) is 0 Å². The van der Waals surface area contributed by atoms with E-state index in [9.17, 15) is 4.79 Å². The molecule has 10 heteroatoms. The third kappa shape index (κ3) is 5.61. The van der Waals surface area contributed by atoms with Crippen LogP contribution in [-0.2, 0) is 11.3 Å². The lowest BCUT2D eigenvalue weighted by atomic mass is 9.89. The number of thiocarbonyl (C=S) groups is 1. The molecule has 0 spiro atoms. The Morgan fingerprint density at radius 1 is 1.21 bits per heavy atom. The minimum atomic E-state index is -0.461. The van der Waals surface area contributed by atoms with E-state index in [-0.39, 0.29) is 17.8 Å². The van der Waals surface area contributed by atoms with Gasteiger partial charge in [0.05, 0.1) is 24.5 Å². The van der Waals surface area contributed by atoms with Crippen molar-refractivity contribution in [3.8, 4) is 0 Å². The molecule has 1 aliphatic carbocycles. The van der Waals surface area contributed by atoms with Crippen LogP contribution in [-0.4, -0.2) is 64.4 Å². The fourth-order valence-corrected chi connectivity index (χ4v) is 4.82. The van der Waals surface area contributed by atoms with Gasteiger partial charge in [-0.2, -0.15) is 0 Å². The summed E-state index contributed by atoms with van der Waals surface area (Å²) in [5.41, 5.74) is 2.18. The SMILES string of the molecule is O=C1OC(CNC(=S)NC2CC2)CN1c1ccc(C2CCN(Cc3cnccn3)CC2)c(F)c1. The van der Waals surface area contributed by atoms with E-state index in [1.54, 1.807) is 18.6 Å². The molecule has 3 aliphatic rings. The normalized spacial score (nSPS) is 21.4. The maximum atomic E-state index is 15.1. The number of anilines is 1. The molecule has 2 aliphatic heterocycles. The number of aromatic nitrogens is 2. The molecular formula is C24H29FN6O2S. The molecule has 0 radical (unpaired) electrons. The number of ether oxygens (including phenoxy) is 1. The number of cyclic esters (lactones) is 1. The first-order chi connectivity index (χ1) is 16.5. The van der Waals surface area contributed by atoms with E-state index in [0.29, 0.717) is 35.5 Å². The van der Waals surface area contributed by atoms with E-state index in [4.69, 9.17) is 17.0 Å². The van der Waals surface area contributed by atoms with Gasteiger partial charge in [0.25, 0.3) is 0 Å². The molecule has 2 saturated heterocycles. The Hall–Kier alpha value is -2.85. The Kier molecular flexibility index (Phi) is 6.87. The summed E-state index contributed by atoms with van der Waals surface area (Å²) in [6.07, 6.45) is 8.39.